The minimum absolute atomic E-state index is 0.310. The second-order valence-electron chi connectivity index (χ2n) is 6.92. The van der Waals surface area contributed by atoms with Crippen LogP contribution in [-0.2, 0) is 13.1 Å². The molecule has 27 heavy (non-hydrogen) atoms. The Kier molecular flexibility index (Phi) is 3.69. The van der Waals surface area contributed by atoms with Gasteiger partial charge in [-0.2, -0.15) is 0 Å². The van der Waals surface area contributed by atoms with Gasteiger partial charge in [-0.05, 0) is 36.1 Å². The molecule has 5 rings (SSSR count). The monoisotopic (exact) mass is 358 g/mol. The van der Waals surface area contributed by atoms with Crippen LogP contribution in [0.15, 0.2) is 64.1 Å². The van der Waals surface area contributed by atoms with E-state index in [9.17, 15) is 4.79 Å². The first-order valence-electron chi connectivity index (χ1n) is 8.93. The number of pyridine rings is 1. The fourth-order valence-corrected chi connectivity index (χ4v) is 3.84. The number of rotatable bonds is 2. The SMILES string of the molecule is Cc1c2c(cc3c1oc(=O)c1ccccc13)CN(Cc1cccnc1)CO2. The van der Waals surface area contributed by atoms with Crippen molar-refractivity contribution in [1.82, 2.24) is 9.88 Å². The van der Waals surface area contributed by atoms with Crippen LogP contribution in [0, 0.1) is 6.92 Å². The molecule has 0 fully saturated rings. The Hall–Kier alpha value is -3.18. The summed E-state index contributed by atoms with van der Waals surface area (Å²) >= 11 is 0. The van der Waals surface area contributed by atoms with E-state index in [1.54, 1.807) is 12.3 Å². The molecule has 0 unspecified atom stereocenters. The molecule has 0 spiro atoms. The van der Waals surface area contributed by atoms with Gasteiger partial charge in [0.2, 0.25) is 0 Å². The molecule has 2 aromatic carbocycles. The van der Waals surface area contributed by atoms with Crippen molar-refractivity contribution in [3.05, 3.63) is 82.0 Å². The van der Waals surface area contributed by atoms with Crippen molar-refractivity contribution in [3.63, 3.8) is 0 Å². The quantitative estimate of drug-likeness (QED) is 0.400. The highest BCUT2D eigenvalue weighted by molar-refractivity contribution is 6.06. The highest BCUT2D eigenvalue weighted by atomic mass is 16.5. The molecular weight excluding hydrogens is 340 g/mol. The second kappa shape index (κ2) is 6.21. The average Bonchev–Trinajstić information content (AvgIpc) is 2.70. The van der Waals surface area contributed by atoms with E-state index in [-0.39, 0.29) is 5.63 Å². The fraction of sp³-hybridized carbons (Fsp3) is 0.182. The molecule has 2 aromatic heterocycles. The molecule has 0 atom stereocenters. The Labute approximate surface area is 155 Å². The smallest absolute Gasteiger partial charge is 0.344 e. The first-order valence-corrected chi connectivity index (χ1v) is 8.93. The zero-order valence-electron chi connectivity index (χ0n) is 14.9. The summed E-state index contributed by atoms with van der Waals surface area (Å²) in [5, 5.41) is 2.47. The Morgan fingerprint density at radius 3 is 2.78 bits per heavy atom. The number of fused-ring (bicyclic) bond motifs is 4. The first-order chi connectivity index (χ1) is 13.2. The molecule has 1 aliphatic rings. The van der Waals surface area contributed by atoms with E-state index in [0.717, 1.165) is 46.3 Å². The van der Waals surface area contributed by atoms with Crippen LogP contribution in [0.5, 0.6) is 5.75 Å². The van der Waals surface area contributed by atoms with E-state index in [2.05, 4.69) is 22.0 Å². The lowest BCUT2D eigenvalue weighted by Gasteiger charge is -2.30. The van der Waals surface area contributed by atoms with Crippen LogP contribution >= 0.6 is 0 Å². The summed E-state index contributed by atoms with van der Waals surface area (Å²) < 4.78 is 11.7. The van der Waals surface area contributed by atoms with Crippen LogP contribution in [0.25, 0.3) is 21.7 Å². The minimum Gasteiger partial charge on any atom is -0.477 e. The molecule has 0 amide bonds. The highest BCUT2D eigenvalue weighted by Gasteiger charge is 2.23. The number of nitrogens with zero attached hydrogens (tertiary/aromatic N) is 2. The van der Waals surface area contributed by atoms with Crippen molar-refractivity contribution in [2.24, 2.45) is 0 Å². The van der Waals surface area contributed by atoms with Crippen LogP contribution in [-0.4, -0.2) is 16.6 Å². The molecule has 4 aromatic rings. The zero-order chi connectivity index (χ0) is 18.4. The standard InChI is InChI=1S/C22H18N2O3/c1-14-20-16(12-24(13-26-20)11-15-5-4-8-23-10-15)9-19-17-6-2-3-7-18(17)22(25)27-21(14)19/h2-10H,11-13H2,1H3. The van der Waals surface area contributed by atoms with Crippen LogP contribution in [0.3, 0.4) is 0 Å². The number of benzene rings is 2. The van der Waals surface area contributed by atoms with Gasteiger partial charge in [-0.1, -0.05) is 24.3 Å². The summed E-state index contributed by atoms with van der Waals surface area (Å²) in [4.78, 5) is 18.8. The molecular formula is C22H18N2O3. The lowest BCUT2D eigenvalue weighted by atomic mass is 10.00. The highest BCUT2D eigenvalue weighted by Crippen LogP contribution is 2.37. The van der Waals surface area contributed by atoms with E-state index >= 15 is 0 Å². The van der Waals surface area contributed by atoms with Crippen molar-refractivity contribution < 1.29 is 9.15 Å². The molecule has 0 radical (unpaired) electrons. The predicted molar refractivity (Wildman–Crippen MR) is 104 cm³/mol. The predicted octanol–water partition coefficient (Wildman–Crippen LogP) is 4.00. The summed E-state index contributed by atoms with van der Waals surface area (Å²) in [6.07, 6.45) is 3.66. The normalized spacial score (nSPS) is 14.3. The lowest BCUT2D eigenvalue weighted by Crippen LogP contribution is -2.32. The molecule has 5 nitrogen and oxygen atoms in total. The third-order valence-corrected chi connectivity index (χ3v) is 5.08. The van der Waals surface area contributed by atoms with E-state index < -0.39 is 0 Å². The molecule has 0 saturated carbocycles. The second-order valence-corrected chi connectivity index (χ2v) is 6.92. The topological polar surface area (TPSA) is 55.6 Å². The fourth-order valence-electron chi connectivity index (χ4n) is 3.84. The molecule has 0 saturated heterocycles. The van der Waals surface area contributed by atoms with Gasteiger partial charge in [0.15, 0.2) is 0 Å². The van der Waals surface area contributed by atoms with E-state index in [1.165, 1.54) is 0 Å². The Balaban J connectivity index is 1.62. The molecule has 1 aliphatic heterocycles. The summed E-state index contributed by atoms with van der Waals surface area (Å²) in [6.45, 7) is 3.99. The van der Waals surface area contributed by atoms with Gasteiger partial charge < -0.3 is 9.15 Å². The maximum absolute atomic E-state index is 12.3. The summed E-state index contributed by atoms with van der Waals surface area (Å²) in [5.41, 5.74) is 3.44. The van der Waals surface area contributed by atoms with Gasteiger partial charge in [-0.25, -0.2) is 4.79 Å². The number of hydrogen-bond donors (Lipinski definition) is 0. The maximum atomic E-state index is 12.3. The molecule has 5 heteroatoms. The van der Waals surface area contributed by atoms with Crippen LogP contribution in [0.4, 0.5) is 0 Å². The zero-order valence-corrected chi connectivity index (χ0v) is 14.9. The average molecular weight is 358 g/mol. The largest absolute Gasteiger partial charge is 0.477 e. The molecule has 134 valence electrons. The van der Waals surface area contributed by atoms with E-state index in [1.807, 2.05) is 37.4 Å². The number of aromatic nitrogens is 1. The third kappa shape index (κ3) is 2.67. The molecule has 0 aliphatic carbocycles. The van der Waals surface area contributed by atoms with Gasteiger partial charge >= 0.3 is 5.63 Å². The molecule has 0 bridgehead atoms. The van der Waals surface area contributed by atoms with Gasteiger partial charge in [0.1, 0.15) is 18.1 Å². The third-order valence-electron chi connectivity index (χ3n) is 5.08. The minimum atomic E-state index is -0.310. The van der Waals surface area contributed by atoms with Crippen molar-refractivity contribution in [3.8, 4) is 5.75 Å². The van der Waals surface area contributed by atoms with E-state index in [4.69, 9.17) is 9.15 Å². The van der Waals surface area contributed by atoms with Crippen molar-refractivity contribution in [2.45, 2.75) is 20.0 Å². The van der Waals surface area contributed by atoms with Crippen LogP contribution in [0.2, 0.25) is 0 Å². The van der Waals surface area contributed by atoms with Crippen molar-refractivity contribution in [1.29, 1.82) is 0 Å². The van der Waals surface area contributed by atoms with E-state index in [0.29, 0.717) is 17.7 Å². The summed E-state index contributed by atoms with van der Waals surface area (Å²) in [6, 6.07) is 13.7. The van der Waals surface area contributed by atoms with Crippen molar-refractivity contribution in [2.75, 3.05) is 6.73 Å². The number of aryl methyl sites for hydroxylation is 1. The van der Waals surface area contributed by atoms with Crippen LogP contribution in [0.1, 0.15) is 16.7 Å². The van der Waals surface area contributed by atoms with Crippen molar-refractivity contribution >= 4 is 21.7 Å². The summed E-state index contributed by atoms with van der Waals surface area (Å²) in [7, 11) is 0. The van der Waals surface area contributed by atoms with Gasteiger partial charge in [0, 0.05) is 42.0 Å². The van der Waals surface area contributed by atoms with Gasteiger partial charge in [0.25, 0.3) is 0 Å². The van der Waals surface area contributed by atoms with Gasteiger partial charge in [0.05, 0.1) is 5.39 Å². The molecule has 3 heterocycles. The van der Waals surface area contributed by atoms with Gasteiger partial charge in [-0.3, -0.25) is 9.88 Å². The first kappa shape index (κ1) is 16.0. The Morgan fingerprint density at radius 1 is 1.11 bits per heavy atom. The Morgan fingerprint density at radius 2 is 1.96 bits per heavy atom. The number of hydrogen-bond acceptors (Lipinski definition) is 5. The van der Waals surface area contributed by atoms with Crippen LogP contribution < -0.4 is 10.4 Å². The van der Waals surface area contributed by atoms with Gasteiger partial charge in [-0.15, -0.1) is 0 Å². The lowest BCUT2D eigenvalue weighted by molar-refractivity contribution is 0.0880. The number of ether oxygens (including phenoxy) is 1. The summed E-state index contributed by atoms with van der Waals surface area (Å²) in [5.74, 6) is 0.823. The molecule has 0 N–H and O–H groups in total. The maximum Gasteiger partial charge on any atom is 0.344 e. The Bertz CT molecular complexity index is 1220.